The molecule has 1 heterocycles. The summed E-state index contributed by atoms with van der Waals surface area (Å²) in [5.74, 6) is -0.267. The van der Waals surface area contributed by atoms with E-state index in [4.69, 9.17) is 20.5 Å². The standard InChI is InChI=1S/C26H24ClNO6S/c1-33-23-14-15(8-13-22(23)34-35(31,32)17-11-9-16(27)10-12-17)24-25-18(4-2-6-20(25)29)28-19-5-3-7-21(30)26(19)24/h8-14,24,28H,2-7H2,1H3. The summed E-state index contributed by atoms with van der Waals surface area (Å²) in [7, 11) is -2.72. The molecule has 0 aromatic heterocycles. The monoisotopic (exact) mass is 513 g/mol. The van der Waals surface area contributed by atoms with Crippen LogP contribution in [0.2, 0.25) is 5.02 Å². The summed E-state index contributed by atoms with van der Waals surface area (Å²) in [5, 5.41) is 3.79. The molecule has 0 radical (unpaired) electrons. The number of allylic oxidation sites excluding steroid dienone is 4. The van der Waals surface area contributed by atoms with E-state index in [2.05, 4.69) is 5.32 Å². The maximum absolute atomic E-state index is 13.0. The molecule has 0 atom stereocenters. The molecule has 3 aliphatic rings. The highest BCUT2D eigenvalue weighted by atomic mass is 35.5. The maximum atomic E-state index is 13.0. The third kappa shape index (κ3) is 4.36. The van der Waals surface area contributed by atoms with Crippen molar-refractivity contribution in [2.75, 3.05) is 7.11 Å². The van der Waals surface area contributed by atoms with Crippen molar-refractivity contribution in [2.24, 2.45) is 0 Å². The van der Waals surface area contributed by atoms with Crippen molar-refractivity contribution in [1.82, 2.24) is 5.32 Å². The van der Waals surface area contributed by atoms with Crippen LogP contribution in [0.15, 0.2) is 69.9 Å². The SMILES string of the molecule is COc1cc(C2C3=C(CCCC3=O)NC3=C2C(=O)CCC3)ccc1OS(=O)(=O)c1ccc(Cl)cc1. The molecule has 2 aliphatic carbocycles. The molecule has 7 nitrogen and oxygen atoms in total. The van der Waals surface area contributed by atoms with Crippen LogP contribution in [-0.2, 0) is 19.7 Å². The van der Waals surface area contributed by atoms with E-state index in [-0.39, 0.29) is 28.0 Å². The van der Waals surface area contributed by atoms with Gasteiger partial charge in [-0.1, -0.05) is 17.7 Å². The first-order chi connectivity index (χ1) is 16.8. The lowest BCUT2D eigenvalue weighted by atomic mass is 9.71. The minimum Gasteiger partial charge on any atom is -0.493 e. The van der Waals surface area contributed by atoms with Gasteiger partial charge in [-0.25, -0.2) is 0 Å². The first kappa shape index (κ1) is 23.6. The summed E-state index contributed by atoms with van der Waals surface area (Å²) in [6, 6.07) is 10.5. The van der Waals surface area contributed by atoms with Gasteiger partial charge in [0.1, 0.15) is 4.90 Å². The van der Waals surface area contributed by atoms with Crippen molar-refractivity contribution in [2.45, 2.75) is 49.3 Å². The lowest BCUT2D eigenvalue weighted by Gasteiger charge is -2.37. The smallest absolute Gasteiger partial charge is 0.339 e. The third-order valence-electron chi connectivity index (χ3n) is 6.61. The normalized spacial score (nSPS) is 18.7. The molecule has 9 heteroatoms. The third-order valence-corrected chi connectivity index (χ3v) is 8.11. The fourth-order valence-electron chi connectivity index (χ4n) is 5.02. The molecule has 1 aliphatic heterocycles. The van der Waals surface area contributed by atoms with E-state index < -0.39 is 16.0 Å². The summed E-state index contributed by atoms with van der Waals surface area (Å²) in [5.41, 5.74) is 3.68. The Labute approximate surface area is 208 Å². The van der Waals surface area contributed by atoms with Crippen LogP contribution < -0.4 is 14.2 Å². The zero-order valence-corrected chi connectivity index (χ0v) is 20.7. The van der Waals surface area contributed by atoms with Crippen molar-refractivity contribution in [1.29, 1.82) is 0 Å². The van der Waals surface area contributed by atoms with E-state index in [1.54, 1.807) is 12.1 Å². The second kappa shape index (κ2) is 9.17. The topological polar surface area (TPSA) is 98.8 Å². The number of nitrogens with one attached hydrogen (secondary N) is 1. The van der Waals surface area contributed by atoms with Crippen LogP contribution in [-0.4, -0.2) is 27.1 Å². The van der Waals surface area contributed by atoms with Crippen LogP contribution in [0.3, 0.4) is 0 Å². The fraction of sp³-hybridized carbons (Fsp3) is 0.308. The molecule has 0 bridgehead atoms. The van der Waals surface area contributed by atoms with Crippen molar-refractivity contribution < 1.29 is 26.9 Å². The summed E-state index contributed by atoms with van der Waals surface area (Å²) < 4.78 is 36.4. The molecular formula is C26H24ClNO6S. The number of carbonyl (C=O) groups excluding carboxylic acids is 2. The highest BCUT2D eigenvalue weighted by Crippen LogP contribution is 2.46. The Hall–Kier alpha value is -3.10. The Morgan fingerprint density at radius 1 is 0.857 bits per heavy atom. The maximum Gasteiger partial charge on any atom is 0.339 e. The Kier molecular flexibility index (Phi) is 6.19. The number of rotatable bonds is 5. The summed E-state index contributed by atoms with van der Waals surface area (Å²) in [6.07, 6.45) is 3.91. The summed E-state index contributed by atoms with van der Waals surface area (Å²) in [6.45, 7) is 0. The van der Waals surface area contributed by atoms with Gasteiger partial charge in [0.05, 0.1) is 7.11 Å². The second-order valence-corrected chi connectivity index (χ2v) is 10.8. The Morgan fingerprint density at radius 3 is 2.03 bits per heavy atom. The number of hydrogen-bond acceptors (Lipinski definition) is 7. The fourth-order valence-corrected chi connectivity index (χ4v) is 6.08. The summed E-state index contributed by atoms with van der Waals surface area (Å²) in [4.78, 5) is 26.0. The lowest BCUT2D eigenvalue weighted by molar-refractivity contribution is -0.117. The van der Waals surface area contributed by atoms with Crippen LogP contribution in [0.25, 0.3) is 0 Å². The van der Waals surface area contributed by atoms with Crippen LogP contribution in [0.1, 0.15) is 50.0 Å². The molecule has 0 fully saturated rings. The number of benzene rings is 2. The van der Waals surface area contributed by atoms with E-state index in [1.807, 2.05) is 0 Å². The Balaban J connectivity index is 1.56. The number of carbonyl (C=O) groups is 2. The molecule has 182 valence electrons. The van der Waals surface area contributed by atoms with E-state index >= 15 is 0 Å². The number of ether oxygens (including phenoxy) is 1. The Morgan fingerprint density at radius 2 is 1.46 bits per heavy atom. The number of Topliss-reactive ketones (excluding diaryl/α,β-unsaturated/α-hetero) is 2. The molecule has 1 N–H and O–H groups in total. The number of ketones is 2. The van der Waals surface area contributed by atoms with Crippen molar-refractivity contribution in [3.05, 3.63) is 75.6 Å². The number of methoxy groups -OCH3 is 1. The van der Waals surface area contributed by atoms with E-state index in [9.17, 15) is 18.0 Å². The molecule has 0 saturated heterocycles. The van der Waals surface area contributed by atoms with E-state index in [1.165, 1.54) is 37.4 Å². The predicted molar refractivity (Wildman–Crippen MR) is 130 cm³/mol. The van der Waals surface area contributed by atoms with Crippen molar-refractivity contribution >= 4 is 33.3 Å². The molecule has 0 amide bonds. The quantitative estimate of drug-likeness (QED) is 0.572. The minimum absolute atomic E-state index is 0.00785. The second-order valence-electron chi connectivity index (χ2n) is 8.80. The van der Waals surface area contributed by atoms with Gasteiger partial charge in [-0.2, -0.15) is 8.42 Å². The minimum atomic E-state index is -4.13. The number of hydrogen-bond donors (Lipinski definition) is 1. The van der Waals surface area contributed by atoms with Crippen molar-refractivity contribution in [3.63, 3.8) is 0 Å². The van der Waals surface area contributed by atoms with Gasteiger partial charge in [0.15, 0.2) is 23.1 Å². The van der Waals surface area contributed by atoms with Gasteiger partial charge in [-0.3, -0.25) is 9.59 Å². The highest BCUT2D eigenvalue weighted by Gasteiger charge is 2.40. The molecular weight excluding hydrogens is 490 g/mol. The van der Waals surface area contributed by atoms with Crippen LogP contribution in [0.4, 0.5) is 0 Å². The molecule has 0 unspecified atom stereocenters. The zero-order chi connectivity index (χ0) is 24.7. The van der Waals surface area contributed by atoms with Gasteiger partial charge in [-0.05, 0) is 67.6 Å². The van der Waals surface area contributed by atoms with Crippen LogP contribution in [0, 0.1) is 0 Å². The molecule has 2 aromatic carbocycles. The molecule has 5 rings (SSSR count). The predicted octanol–water partition coefficient (Wildman–Crippen LogP) is 4.82. The highest BCUT2D eigenvalue weighted by molar-refractivity contribution is 7.87. The molecule has 0 spiro atoms. The van der Waals surface area contributed by atoms with Gasteiger partial charge in [-0.15, -0.1) is 0 Å². The average Bonchev–Trinajstić information content (AvgIpc) is 2.83. The van der Waals surface area contributed by atoms with E-state index in [0.717, 1.165) is 37.1 Å². The van der Waals surface area contributed by atoms with Gasteiger partial charge in [0, 0.05) is 46.3 Å². The summed E-state index contributed by atoms with van der Waals surface area (Å²) >= 11 is 5.86. The van der Waals surface area contributed by atoms with Crippen LogP contribution >= 0.6 is 11.6 Å². The Bertz CT molecular complexity index is 1350. The largest absolute Gasteiger partial charge is 0.493 e. The van der Waals surface area contributed by atoms with Crippen molar-refractivity contribution in [3.8, 4) is 11.5 Å². The van der Waals surface area contributed by atoms with Gasteiger partial charge in [0.25, 0.3) is 0 Å². The van der Waals surface area contributed by atoms with Gasteiger partial charge in [0.2, 0.25) is 0 Å². The first-order valence-electron chi connectivity index (χ1n) is 11.5. The molecule has 35 heavy (non-hydrogen) atoms. The molecule has 0 saturated carbocycles. The van der Waals surface area contributed by atoms with Gasteiger partial charge >= 0.3 is 10.1 Å². The first-order valence-corrected chi connectivity index (χ1v) is 13.2. The number of dihydropyridines is 1. The zero-order valence-electron chi connectivity index (χ0n) is 19.1. The molecule has 2 aromatic rings. The van der Waals surface area contributed by atoms with E-state index in [0.29, 0.717) is 34.6 Å². The van der Waals surface area contributed by atoms with Gasteiger partial charge < -0.3 is 14.2 Å². The van der Waals surface area contributed by atoms with Crippen LogP contribution in [0.5, 0.6) is 11.5 Å². The lowest BCUT2D eigenvalue weighted by Crippen LogP contribution is -2.36. The average molecular weight is 514 g/mol. The number of halogens is 1.